The van der Waals surface area contributed by atoms with Crippen molar-refractivity contribution < 1.29 is 60.4 Å². The predicted octanol–water partition coefficient (Wildman–Crippen LogP) is 3.08. The molecule has 0 aromatic heterocycles. The number of benzene rings is 1. The summed E-state index contributed by atoms with van der Waals surface area (Å²) in [7, 11) is 5.59. The lowest BCUT2D eigenvalue weighted by atomic mass is 9.65. The van der Waals surface area contributed by atoms with E-state index in [9.17, 15) is 31.1 Å². The van der Waals surface area contributed by atoms with Crippen LogP contribution in [-0.2, 0) is 15.0 Å². The van der Waals surface area contributed by atoms with Crippen molar-refractivity contribution >= 4 is 18.0 Å². The van der Waals surface area contributed by atoms with Gasteiger partial charge in [0.15, 0.2) is 11.5 Å². The van der Waals surface area contributed by atoms with Crippen molar-refractivity contribution in [3.63, 3.8) is 0 Å². The molecule has 2 aliphatic heterocycles. The number of aliphatic carboxylic acids is 2. The lowest BCUT2D eigenvalue weighted by Crippen LogP contribution is -2.56. The van der Waals surface area contributed by atoms with Crippen LogP contribution < -0.4 is 20.1 Å². The molecule has 1 aromatic rings. The molecule has 43 heavy (non-hydrogen) atoms. The van der Waals surface area contributed by atoms with Crippen LogP contribution in [0.1, 0.15) is 31.2 Å². The first-order valence-corrected chi connectivity index (χ1v) is 13.3. The normalized spacial score (nSPS) is 23.9. The number of methoxy groups -OCH3 is 2. The van der Waals surface area contributed by atoms with E-state index in [1.54, 1.807) is 14.2 Å². The number of likely N-dealkylation sites (N-methyl/N-ethyl adjacent to an activating group) is 1. The molecular formula is C26H36F6N4O7. The average Bonchev–Trinajstić information content (AvgIpc) is 3.29. The molecule has 2 amide bonds. The number of amides is 2. The number of likely N-dealkylation sites (tertiary alicyclic amines) is 1. The van der Waals surface area contributed by atoms with Crippen molar-refractivity contribution in [3.8, 4) is 11.5 Å². The number of nitrogens with one attached hydrogen (secondary N) is 2. The number of alkyl halides is 6. The molecule has 2 heterocycles. The molecule has 3 fully saturated rings. The summed E-state index contributed by atoms with van der Waals surface area (Å²) in [6.45, 7) is 4.42. The summed E-state index contributed by atoms with van der Waals surface area (Å²) >= 11 is 0. The molecule has 244 valence electrons. The van der Waals surface area contributed by atoms with Gasteiger partial charge in [0.2, 0.25) is 0 Å². The number of carboxylic acid groups (broad SMARTS) is 2. The number of urea groups is 1. The summed E-state index contributed by atoms with van der Waals surface area (Å²) in [6, 6.07) is 7.13. The zero-order chi connectivity index (χ0) is 32.6. The fourth-order valence-corrected chi connectivity index (χ4v) is 5.53. The van der Waals surface area contributed by atoms with E-state index in [1.165, 1.54) is 5.56 Å². The van der Waals surface area contributed by atoms with Crippen LogP contribution in [0.3, 0.4) is 0 Å². The topological polar surface area (TPSA) is 141 Å². The van der Waals surface area contributed by atoms with Crippen molar-refractivity contribution in [3.05, 3.63) is 23.8 Å². The van der Waals surface area contributed by atoms with Gasteiger partial charge in [0.1, 0.15) is 0 Å². The molecule has 4 N–H and O–H groups in total. The van der Waals surface area contributed by atoms with Crippen LogP contribution in [0.5, 0.6) is 11.5 Å². The van der Waals surface area contributed by atoms with E-state index in [-0.39, 0.29) is 17.5 Å². The summed E-state index contributed by atoms with van der Waals surface area (Å²) in [4.78, 5) is 34.9. The monoisotopic (exact) mass is 630 g/mol. The van der Waals surface area contributed by atoms with Crippen LogP contribution in [0.4, 0.5) is 31.1 Å². The molecule has 0 radical (unpaired) electrons. The number of carboxylic acids is 2. The van der Waals surface area contributed by atoms with Crippen molar-refractivity contribution in [1.82, 2.24) is 20.4 Å². The van der Waals surface area contributed by atoms with Gasteiger partial charge in [-0.15, -0.1) is 0 Å². The number of rotatable bonds is 4. The van der Waals surface area contributed by atoms with Gasteiger partial charge in [-0.3, -0.25) is 0 Å². The Morgan fingerprint density at radius 2 is 1.47 bits per heavy atom. The number of ether oxygens (including phenoxy) is 2. The second kappa shape index (κ2) is 14.8. The molecule has 2 saturated heterocycles. The maximum atomic E-state index is 12.7. The van der Waals surface area contributed by atoms with Gasteiger partial charge in [-0.1, -0.05) is 6.07 Å². The Labute approximate surface area is 244 Å². The van der Waals surface area contributed by atoms with Gasteiger partial charge in [-0.2, -0.15) is 26.3 Å². The lowest BCUT2D eigenvalue weighted by Gasteiger charge is -2.45. The van der Waals surface area contributed by atoms with E-state index in [1.807, 2.05) is 11.0 Å². The van der Waals surface area contributed by atoms with Crippen LogP contribution in [0.25, 0.3) is 0 Å². The first-order chi connectivity index (χ1) is 20.0. The number of nitrogens with zero attached hydrogens (tertiary/aromatic N) is 2. The van der Waals surface area contributed by atoms with Crippen LogP contribution in [0, 0.1) is 0 Å². The first-order valence-electron chi connectivity index (χ1n) is 13.3. The molecule has 0 unspecified atom stereocenters. The molecule has 11 nitrogen and oxygen atoms in total. The third-order valence-corrected chi connectivity index (χ3v) is 7.70. The summed E-state index contributed by atoms with van der Waals surface area (Å²) < 4.78 is 74.5. The lowest BCUT2D eigenvalue weighted by molar-refractivity contribution is -0.193. The quantitative estimate of drug-likeness (QED) is 0.370. The van der Waals surface area contributed by atoms with Crippen LogP contribution in [0.15, 0.2) is 18.2 Å². The highest BCUT2D eigenvalue weighted by Crippen LogP contribution is 2.49. The van der Waals surface area contributed by atoms with Crippen molar-refractivity contribution in [1.29, 1.82) is 0 Å². The molecule has 1 aromatic carbocycles. The summed E-state index contributed by atoms with van der Waals surface area (Å²) in [5.41, 5.74) is 1.45. The fraction of sp³-hybridized carbons (Fsp3) is 0.654. The Morgan fingerprint density at radius 1 is 0.930 bits per heavy atom. The maximum Gasteiger partial charge on any atom is 0.490 e. The predicted molar refractivity (Wildman–Crippen MR) is 140 cm³/mol. The van der Waals surface area contributed by atoms with Crippen molar-refractivity contribution in [2.45, 2.75) is 55.5 Å². The highest BCUT2D eigenvalue weighted by atomic mass is 19.4. The Hall–Kier alpha value is -3.47. The number of carbonyl (C=O) groups is 3. The Balaban J connectivity index is 0.000000384. The van der Waals surface area contributed by atoms with Crippen molar-refractivity contribution in [2.75, 3.05) is 54.0 Å². The van der Waals surface area contributed by atoms with Gasteiger partial charge in [-0.25, -0.2) is 14.4 Å². The maximum absolute atomic E-state index is 12.7. The molecule has 1 aliphatic carbocycles. The molecule has 17 heteroatoms. The van der Waals surface area contributed by atoms with Crippen molar-refractivity contribution in [2.24, 2.45) is 0 Å². The number of hydrogen-bond acceptors (Lipinski definition) is 7. The number of hydrogen-bond donors (Lipinski definition) is 4. The van der Waals surface area contributed by atoms with Gasteiger partial charge in [0.05, 0.1) is 14.2 Å². The molecule has 1 saturated carbocycles. The summed E-state index contributed by atoms with van der Waals surface area (Å²) in [6.07, 6.45) is -5.95. The van der Waals surface area contributed by atoms with E-state index >= 15 is 0 Å². The van der Waals surface area contributed by atoms with Crippen LogP contribution in [0.2, 0.25) is 0 Å². The first kappa shape index (κ1) is 35.7. The van der Waals surface area contributed by atoms with Crippen LogP contribution >= 0.6 is 0 Å². The van der Waals surface area contributed by atoms with E-state index in [0.29, 0.717) is 6.04 Å². The van der Waals surface area contributed by atoms with Gasteiger partial charge in [-0.05, 0) is 57.0 Å². The van der Waals surface area contributed by atoms with E-state index in [0.717, 1.165) is 69.9 Å². The number of halogens is 6. The fourth-order valence-electron chi connectivity index (χ4n) is 5.53. The van der Waals surface area contributed by atoms with Gasteiger partial charge in [0, 0.05) is 43.7 Å². The molecular weight excluding hydrogens is 594 g/mol. The van der Waals surface area contributed by atoms with E-state index in [2.05, 4.69) is 34.7 Å². The van der Waals surface area contributed by atoms with Gasteiger partial charge >= 0.3 is 30.3 Å². The number of fused-ring (bicyclic) bond motifs is 1. The average molecular weight is 631 g/mol. The molecule has 3 atom stereocenters. The zero-order valence-corrected chi connectivity index (χ0v) is 23.8. The highest BCUT2D eigenvalue weighted by molar-refractivity contribution is 5.75. The number of piperazine rings is 1. The van der Waals surface area contributed by atoms with E-state index < -0.39 is 24.3 Å². The second-order valence-corrected chi connectivity index (χ2v) is 10.2. The van der Waals surface area contributed by atoms with E-state index in [4.69, 9.17) is 29.3 Å². The Morgan fingerprint density at radius 3 is 1.95 bits per heavy atom. The minimum atomic E-state index is -5.08. The summed E-state index contributed by atoms with van der Waals surface area (Å²) in [5, 5.41) is 20.9. The van der Waals surface area contributed by atoms with Gasteiger partial charge in [0.25, 0.3) is 0 Å². The second-order valence-electron chi connectivity index (χ2n) is 10.2. The largest absolute Gasteiger partial charge is 0.493 e. The third-order valence-electron chi connectivity index (χ3n) is 7.70. The Bertz CT molecular complexity index is 1090. The van der Waals surface area contributed by atoms with Crippen LogP contribution in [-0.4, -0.2) is 116 Å². The highest BCUT2D eigenvalue weighted by Gasteiger charge is 2.51. The molecule has 0 bridgehead atoms. The SMILES string of the molecule is COc1ccc([C@@]23CC[C@@H](NC(=O)N4CCNCC4)C[C@@H]2N(C)CC3)cc1OC.O=C(O)C(F)(F)F.O=C(O)C(F)(F)F. The molecule has 0 spiro atoms. The van der Waals surface area contributed by atoms with Gasteiger partial charge < -0.3 is 40.1 Å². The third kappa shape index (κ3) is 9.51. The molecule has 3 aliphatic rings. The Kier molecular flexibility index (Phi) is 12.3. The minimum Gasteiger partial charge on any atom is -0.493 e. The zero-order valence-electron chi connectivity index (χ0n) is 23.8. The minimum absolute atomic E-state index is 0.0933. The summed E-state index contributed by atoms with van der Waals surface area (Å²) in [5.74, 6) is -3.95. The molecule has 4 rings (SSSR count). The number of carbonyl (C=O) groups excluding carboxylic acids is 1. The standard InChI is InChI=1S/C22H34N4O3.2C2HF3O2/c1-25-11-8-22(16-4-5-18(28-2)19(14-16)29-3)7-6-17(15-20(22)25)24-21(27)26-12-9-23-10-13-26;2*3-2(4,5)1(6)7/h4-5,14,17,20,23H,6-13,15H2,1-3H3,(H,24,27);2*(H,6,7)/t17-,20+,22+;;/m1../s1. The smallest absolute Gasteiger partial charge is 0.490 e.